The summed E-state index contributed by atoms with van der Waals surface area (Å²) in [5, 5.41) is 1.00. The quantitative estimate of drug-likeness (QED) is 0.290. The van der Waals surface area contributed by atoms with Gasteiger partial charge in [-0.15, -0.1) is 0 Å². The molecule has 5 rings (SSSR count). The van der Waals surface area contributed by atoms with E-state index in [0.29, 0.717) is 22.6 Å². The van der Waals surface area contributed by atoms with E-state index in [2.05, 4.69) is 4.98 Å². The molecule has 1 aliphatic heterocycles. The van der Waals surface area contributed by atoms with Gasteiger partial charge in [-0.25, -0.2) is 4.79 Å². The summed E-state index contributed by atoms with van der Waals surface area (Å²) in [6.45, 7) is 1.85. The summed E-state index contributed by atoms with van der Waals surface area (Å²) in [6.07, 6.45) is 3.56. The van der Waals surface area contributed by atoms with Crippen LogP contribution in [0.5, 0.6) is 11.5 Å². The van der Waals surface area contributed by atoms with Crippen LogP contribution >= 0.6 is 0 Å². The second-order valence-corrected chi connectivity index (χ2v) is 7.09. The number of hydrogen-bond donors (Lipinski definition) is 1. The first-order valence-electron chi connectivity index (χ1n) is 9.52. The van der Waals surface area contributed by atoms with Crippen LogP contribution in [0.4, 0.5) is 0 Å². The van der Waals surface area contributed by atoms with Crippen molar-refractivity contribution < 1.29 is 19.1 Å². The van der Waals surface area contributed by atoms with Crippen molar-refractivity contribution in [2.24, 2.45) is 0 Å². The van der Waals surface area contributed by atoms with E-state index in [1.165, 1.54) is 0 Å². The van der Waals surface area contributed by atoms with Gasteiger partial charge < -0.3 is 14.5 Å². The highest BCUT2D eigenvalue weighted by atomic mass is 16.5. The molecule has 0 saturated carbocycles. The molecule has 5 nitrogen and oxygen atoms in total. The molecule has 30 heavy (non-hydrogen) atoms. The Labute approximate surface area is 172 Å². The molecule has 0 fully saturated rings. The Morgan fingerprint density at radius 1 is 1.03 bits per heavy atom. The Kier molecular flexibility index (Phi) is 4.21. The number of rotatable bonds is 3. The number of nitrogens with one attached hydrogen (secondary N) is 1. The first-order valence-corrected chi connectivity index (χ1v) is 9.52. The van der Waals surface area contributed by atoms with Crippen molar-refractivity contribution >= 4 is 28.7 Å². The predicted molar refractivity (Wildman–Crippen MR) is 114 cm³/mol. The van der Waals surface area contributed by atoms with Gasteiger partial charge in [-0.2, -0.15) is 0 Å². The fourth-order valence-electron chi connectivity index (χ4n) is 3.55. The van der Waals surface area contributed by atoms with Gasteiger partial charge in [0.15, 0.2) is 5.76 Å². The van der Waals surface area contributed by atoms with Crippen LogP contribution in [-0.4, -0.2) is 16.7 Å². The standard InChI is InChI=1S/C25H17NO4/c1-15-6-2-3-7-18(15)25(28)29-17-10-11-20-22(13-17)30-23(24(20)27)12-16-14-26-21-9-5-4-8-19(16)21/h2-14,26H,1H3. The van der Waals surface area contributed by atoms with Gasteiger partial charge in [-0.05, 0) is 42.8 Å². The minimum Gasteiger partial charge on any atom is -0.452 e. The van der Waals surface area contributed by atoms with Crippen LogP contribution in [0.15, 0.2) is 78.7 Å². The molecule has 1 aliphatic rings. The number of H-pyrrole nitrogens is 1. The molecule has 1 aromatic heterocycles. The Morgan fingerprint density at radius 3 is 2.70 bits per heavy atom. The average Bonchev–Trinajstić information content (AvgIpc) is 3.29. The van der Waals surface area contributed by atoms with Crippen molar-refractivity contribution in [1.29, 1.82) is 0 Å². The molecule has 3 aromatic carbocycles. The van der Waals surface area contributed by atoms with Gasteiger partial charge in [-0.3, -0.25) is 4.79 Å². The van der Waals surface area contributed by atoms with Crippen molar-refractivity contribution in [2.45, 2.75) is 6.92 Å². The number of ether oxygens (including phenoxy) is 2. The lowest BCUT2D eigenvalue weighted by Gasteiger charge is -2.07. The fraction of sp³-hybridized carbons (Fsp3) is 0.0400. The molecular formula is C25H17NO4. The lowest BCUT2D eigenvalue weighted by molar-refractivity contribution is 0.0733. The van der Waals surface area contributed by atoms with Gasteiger partial charge in [-0.1, -0.05) is 36.4 Å². The minimum atomic E-state index is -0.452. The Hall–Kier alpha value is -4.12. The summed E-state index contributed by atoms with van der Waals surface area (Å²) in [5.41, 5.74) is 3.62. The predicted octanol–water partition coefficient (Wildman–Crippen LogP) is 5.31. The maximum Gasteiger partial charge on any atom is 0.343 e. The molecule has 0 saturated heterocycles. The third-order valence-electron chi connectivity index (χ3n) is 5.12. The molecule has 0 bridgehead atoms. The normalized spacial score (nSPS) is 14.0. The third kappa shape index (κ3) is 3.06. The molecule has 5 heteroatoms. The summed E-state index contributed by atoms with van der Waals surface area (Å²) >= 11 is 0. The number of ketones is 1. The summed E-state index contributed by atoms with van der Waals surface area (Å²) in [6, 6.07) is 19.8. The number of para-hydroxylation sites is 1. The van der Waals surface area contributed by atoms with Gasteiger partial charge in [0.1, 0.15) is 11.5 Å². The van der Waals surface area contributed by atoms with Crippen LogP contribution < -0.4 is 9.47 Å². The van der Waals surface area contributed by atoms with E-state index >= 15 is 0 Å². The molecule has 0 spiro atoms. The molecule has 146 valence electrons. The average molecular weight is 395 g/mol. The second-order valence-electron chi connectivity index (χ2n) is 7.09. The van der Waals surface area contributed by atoms with Crippen molar-refractivity contribution in [3.63, 3.8) is 0 Å². The number of allylic oxidation sites excluding steroid dienone is 1. The lowest BCUT2D eigenvalue weighted by atomic mass is 10.1. The molecule has 1 N–H and O–H groups in total. The van der Waals surface area contributed by atoms with Crippen molar-refractivity contribution in [2.75, 3.05) is 0 Å². The zero-order valence-corrected chi connectivity index (χ0v) is 16.1. The zero-order chi connectivity index (χ0) is 20.7. The van der Waals surface area contributed by atoms with Crippen molar-refractivity contribution in [1.82, 2.24) is 4.98 Å². The van der Waals surface area contributed by atoms with E-state index < -0.39 is 5.97 Å². The van der Waals surface area contributed by atoms with Gasteiger partial charge in [0, 0.05) is 28.7 Å². The van der Waals surface area contributed by atoms with E-state index in [0.717, 1.165) is 22.0 Å². The highest BCUT2D eigenvalue weighted by Gasteiger charge is 2.28. The number of carbonyl (C=O) groups excluding carboxylic acids is 2. The van der Waals surface area contributed by atoms with Crippen molar-refractivity contribution in [3.05, 3.63) is 101 Å². The Morgan fingerprint density at radius 2 is 1.83 bits per heavy atom. The Balaban J connectivity index is 1.42. The number of carbonyl (C=O) groups is 2. The van der Waals surface area contributed by atoms with Gasteiger partial charge >= 0.3 is 5.97 Å². The van der Waals surface area contributed by atoms with Gasteiger partial charge in [0.05, 0.1) is 11.1 Å². The van der Waals surface area contributed by atoms with Crippen LogP contribution in [0.3, 0.4) is 0 Å². The minimum absolute atomic E-state index is 0.202. The number of fused-ring (bicyclic) bond motifs is 2. The lowest BCUT2D eigenvalue weighted by Crippen LogP contribution is -2.10. The smallest absolute Gasteiger partial charge is 0.343 e. The van der Waals surface area contributed by atoms with E-state index in [-0.39, 0.29) is 11.5 Å². The molecule has 4 aromatic rings. The highest BCUT2D eigenvalue weighted by molar-refractivity contribution is 6.15. The molecule has 0 amide bonds. The molecule has 0 radical (unpaired) electrons. The Bertz CT molecular complexity index is 1350. The van der Waals surface area contributed by atoms with Crippen LogP contribution in [0.25, 0.3) is 17.0 Å². The maximum atomic E-state index is 12.7. The number of benzene rings is 3. The van der Waals surface area contributed by atoms with E-state index in [4.69, 9.17) is 9.47 Å². The van der Waals surface area contributed by atoms with Crippen LogP contribution in [-0.2, 0) is 0 Å². The van der Waals surface area contributed by atoms with Crippen LogP contribution in [0.1, 0.15) is 31.8 Å². The van der Waals surface area contributed by atoms with E-state index in [9.17, 15) is 9.59 Å². The summed E-state index contributed by atoms with van der Waals surface area (Å²) in [7, 11) is 0. The van der Waals surface area contributed by atoms with Crippen molar-refractivity contribution in [3.8, 4) is 11.5 Å². The second kappa shape index (κ2) is 7.04. The number of aromatic nitrogens is 1. The number of esters is 1. The van der Waals surface area contributed by atoms with Crippen LogP contribution in [0.2, 0.25) is 0 Å². The van der Waals surface area contributed by atoms with E-state index in [1.807, 2.05) is 49.5 Å². The third-order valence-corrected chi connectivity index (χ3v) is 5.12. The zero-order valence-electron chi connectivity index (χ0n) is 16.1. The SMILES string of the molecule is Cc1ccccc1C(=O)Oc1ccc2c(c1)OC(=Cc1c[nH]c3ccccc13)C2=O. The highest BCUT2D eigenvalue weighted by Crippen LogP contribution is 2.35. The number of aryl methyl sites for hydroxylation is 1. The first kappa shape index (κ1) is 17.9. The molecule has 0 atom stereocenters. The molecule has 0 unspecified atom stereocenters. The van der Waals surface area contributed by atoms with Crippen LogP contribution in [0, 0.1) is 6.92 Å². The summed E-state index contributed by atoms with van der Waals surface area (Å²) < 4.78 is 11.3. The molecular weight excluding hydrogens is 378 g/mol. The van der Waals surface area contributed by atoms with Gasteiger partial charge in [0.25, 0.3) is 0 Å². The van der Waals surface area contributed by atoms with Gasteiger partial charge in [0.2, 0.25) is 5.78 Å². The topological polar surface area (TPSA) is 68.4 Å². The molecule has 0 aliphatic carbocycles. The monoisotopic (exact) mass is 395 g/mol. The largest absolute Gasteiger partial charge is 0.452 e. The summed E-state index contributed by atoms with van der Waals surface area (Å²) in [5.74, 6) is 0.278. The number of Topliss-reactive ketones (excluding diaryl/α,β-unsaturated/α-hetero) is 1. The number of hydrogen-bond acceptors (Lipinski definition) is 4. The number of aromatic amines is 1. The van der Waals surface area contributed by atoms with E-state index in [1.54, 1.807) is 36.4 Å². The molecule has 2 heterocycles. The summed E-state index contributed by atoms with van der Waals surface area (Å²) in [4.78, 5) is 28.4. The maximum absolute atomic E-state index is 12.7. The fourth-order valence-corrected chi connectivity index (χ4v) is 3.55. The first-order chi connectivity index (χ1) is 14.6.